The molecular weight excluding hydrogens is 630 g/mol. The summed E-state index contributed by atoms with van der Waals surface area (Å²) in [5.41, 5.74) is 0.970. The van der Waals surface area contributed by atoms with Gasteiger partial charge in [-0.3, -0.25) is 24.0 Å². The van der Waals surface area contributed by atoms with E-state index < -0.39 is 42.3 Å². The number of amides is 1. The molecule has 2 rings (SSSR count). The monoisotopic (exact) mass is 681 g/mol. The zero-order valence-corrected chi connectivity index (χ0v) is 27.6. The van der Waals surface area contributed by atoms with Gasteiger partial charge in [-0.25, -0.2) is 0 Å². The second-order valence-corrected chi connectivity index (χ2v) is 11.7. The van der Waals surface area contributed by atoms with Crippen molar-refractivity contribution in [3.8, 4) is 0 Å². The SMILES string of the molecule is O=C(O)CCOC[C@H]1OC[C@H](NC(=O)CCCCCCCCCCC(=O)OCc2ccccc2)[C@@H](OCCC(=O)O)[C@@H]1OCCC(=O)O. The lowest BCUT2D eigenvalue weighted by Gasteiger charge is -2.42. The van der Waals surface area contributed by atoms with Gasteiger partial charge in [-0.05, 0) is 18.4 Å². The first kappa shape index (κ1) is 40.6. The Morgan fingerprint density at radius 2 is 1.23 bits per heavy atom. The third kappa shape index (κ3) is 18.7. The van der Waals surface area contributed by atoms with Crippen molar-refractivity contribution >= 4 is 29.8 Å². The average molecular weight is 682 g/mol. The summed E-state index contributed by atoms with van der Waals surface area (Å²) in [6.45, 7) is -0.185. The molecule has 0 unspecified atom stereocenters. The summed E-state index contributed by atoms with van der Waals surface area (Å²) < 4.78 is 28.3. The van der Waals surface area contributed by atoms with Crippen molar-refractivity contribution in [3.63, 3.8) is 0 Å². The van der Waals surface area contributed by atoms with Crippen molar-refractivity contribution in [1.82, 2.24) is 5.32 Å². The first-order chi connectivity index (χ1) is 23.2. The molecule has 48 heavy (non-hydrogen) atoms. The van der Waals surface area contributed by atoms with Crippen LogP contribution in [0.25, 0.3) is 0 Å². The van der Waals surface area contributed by atoms with Crippen molar-refractivity contribution in [2.75, 3.05) is 33.0 Å². The normalized spacial score (nSPS) is 19.0. The summed E-state index contributed by atoms with van der Waals surface area (Å²) >= 11 is 0. The summed E-state index contributed by atoms with van der Waals surface area (Å²) in [4.78, 5) is 57.8. The number of carbonyl (C=O) groups excluding carboxylic acids is 2. The number of rotatable bonds is 27. The van der Waals surface area contributed by atoms with E-state index in [2.05, 4.69) is 5.32 Å². The van der Waals surface area contributed by atoms with E-state index in [1.165, 1.54) is 0 Å². The zero-order valence-electron chi connectivity index (χ0n) is 27.6. The van der Waals surface area contributed by atoms with Gasteiger partial charge < -0.3 is 44.3 Å². The number of hydrogen-bond acceptors (Lipinski definition) is 10. The fourth-order valence-electron chi connectivity index (χ4n) is 5.17. The van der Waals surface area contributed by atoms with E-state index in [4.69, 9.17) is 39.0 Å². The minimum Gasteiger partial charge on any atom is -0.481 e. The van der Waals surface area contributed by atoms with E-state index in [0.29, 0.717) is 19.4 Å². The average Bonchev–Trinajstić information content (AvgIpc) is 3.04. The number of esters is 1. The number of benzene rings is 1. The molecule has 0 spiro atoms. The maximum absolute atomic E-state index is 12.8. The van der Waals surface area contributed by atoms with E-state index in [0.717, 1.165) is 50.5 Å². The largest absolute Gasteiger partial charge is 0.481 e. The molecule has 0 aliphatic carbocycles. The lowest BCUT2D eigenvalue weighted by Crippen LogP contribution is -2.62. The molecule has 4 atom stereocenters. The molecule has 270 valence electrons. The molecule has 1 heterocycles. The highest BCUT2D eigenvalue weighted by atomic mass is 16.6. The van der Waals surface area contributed by atoms with Gasteiger partial charge in [0.2, 0.25) is 5.91 Å². The summed E-state index contributed by atoms with van der Waals surface area (Å²) in [7, 11) is 0. The van der Waals surface area contributed by atoms with Crippen LogP contribution in [0.1, 0.15) is 89.0 Å². The predicted octanol–water partition coefficient (Wildman–Crippen LogP) is 3.73. The number of carbonyl (C=O) groups is 5. The van der Waals surface area contributed by atoms with Crippen molar-refractivity contribution in [1.29, 1.82) is 0 Å². The fourth-order valence-corrected chi connectivity index (χ4v) is 5.17. The first-order valence-electron chi connectivity index (χ1n) is 16.7. The van der Waals surface area contributed by atoms with Crippen LogP contribution >= 0.6 is 0 Å². The molecule has 0 radical (unpaired) electrons. The highest BCUT2D eigenvalue weighted by Crippen LogP contribution is 2.23. The van der Waals surface area contributed by atoms with Crippen LogP contribution in [0.2, 0.25) is 0 Å². The van der Waals surface area contributed by atoms with E-state index in [1.54, 1.807) is 0 Å². The van der Waals surface area contributed by atoms with Crippen LogP contribution in [-0.2, 0) is 54.3 Å². The minimum absolute atomic E-state index is 0.0139. The lowest BCUT2D eigenvalue weighted by atomic mass is 9.97. The van der Waals surface area contributed by atoms with Crippen LogP contribution in [0.15, 0.2) is 30.3 Å². The van der Waals surface area contributed by atoms with Gasteiger partial charge in [0.1, 0.15) is 24.9 Å². The Balaban J connectivity index is 1.71. The molecule has 1 fully saturated rings. The van der Waals surface area contributed by atoms with Crippen LogP contribution < -0.4 is 5.32 Å². The van der Waals surface area contributed by atoms with Gasteiger partial charge in [0.15, 0.2) is 0 Å². The summed E-state index contributed by atoms with van der Waals surface area (Å²) in [5.74, 6) is -3.59. The maximum Gasteiger partial charge on any atom is 0.306 e. The van der Waals surface area contributed by atoms with E-state index in [-0.39, 0.29) is 70.6 Å². The number of nitrogens with one attached hydrogen (secondary N) is 1. The zero-order chi connectivity index (χ0) is 35.0. The molecule has 1 aliphatic rings. The molecule has 1 saturated heterocycles. The van der Waals surface area contributed by atoms with Crippen molar-refractivity contribution in [2.45, 2.75) is 114 Å². The van der Waals surface area contributed by atoms with E-state index in [9.17, 15) is 24.0 Å². The molecule has 1 aromatic rings. The van der Waals surface area contributed by atoms with E-state index in [1.807, 2.05) is 30.3 Å². The number of unbranched alkanes of at least 4 members (excludes halogenated alkanes) is 7. The Morgan fingerprint density at radius 1 is 0.688 bits per heavy atom. The molecule has 4 N–H and O–H groups in total. The number of carboxylic acid groups (broad SMARTS) is 3. The number of ether oxygens (including phenoxy) is 5. The second-order valence-electron chi connectivity index (χ2n) is 11.7. The standard InChI is InChI=1S/C34H51NO13/c36-28(14-10-5-3-1-2-4-6-11-15-32(43)48-22-25-12-8-7-9-13-25)35-26-23-47-27(24-44-19-16-29(37)38)34(46-21-18-31(41)42)33(26)45-20-17-30(39)40/h7-9,12-13,26-27,33-34H,1-6,10-11,14-24H2,(H,35,36)(H,37,38)(H,39,40)(H,41,42)/t26-,27+,33+,34+/m0/s1. The smallest absolute Gasteiger partial charge is 0.306 e. The molecule has 0 saturated carbocycles. The van der Waals surface area contributed by atoms with Crippen LogP contribution in [0.4, 0.5) is 0 Å². The molecule has 14 heteroatoms. The van der Waals surface area contributed by atoms with Crippen molar-refractivity contribution < 1.29 is 63.0 Å². The third-order valence-corrected chi connectivity index (χ3v) is 7.70. The number of carboxylic acids is 3. The Labute approximate surface area is 281 Å². The minimum atomic E-state index is -1.08. The molecule has 1 aliphatic heterocycles. The topological polar surface area (TPSA) is 204 Å². The van der Waals surface area contributed by atoms with Gasteiger partial charge in [0.05, 0.1) is 58.3 Å². The summed E-state index contributed by atoms with van der Waals surface area (Å²) in [6, 6.07) is 8.89. The summed E-state index contributed by atoms with van der Waals surface area (Å²) in [5, 5.41) is 29.9. The Kier molecular flexibility index (Phi) is 20.7. The van der Waals surface area contributed by atoms with E-state index >= 15 is 0 Å². The van der Waals surface area contributed by atoms with Gasteiger partial charge >= 0.3 is 23.9 Å². The molecular formula is C34H51NO13. The first-order valence-corrected chi connectivity index (χ1v) is 16.7. The number of aliphatic carboxylic acids is 3. The van der Waals surface area contributed by atoms with Crippen LogP contribution in [0.5, 0.6) is 0 Å². The van der Waals surface area contributed by atoms with Crippen LogP contribution in [0, 0.1) is 0 Å². The fraction of sp³-hybridized carbons (Fsp3) is 0.676. The predicted molar refractivity (Wildman–Crippen MR) is 171 cm³/mol. The highest BCUT2D eigenvalue weighted by molar-refractivity contribution is 5.76. The third-order valence-electron chi connectivity index (χ3n) is 7.70. The number of hydrogen-bond donors (Lipinski definition) is 4. The van der Waals surface area contributed by atoms with Crippen LogP contribution in [0.3, 0.4) is 0 Å². The molecule has 14 nitrogen and oxygen atoms in total. The molecule has 1 amide bonds. The molecule has 1 aromatic carbocycles. The Bertz CT molecular complexity index is 1100. The molecule has 0 aromatic heterocycles. The van der Waals surface area contributed by atoms with Gasteiger partial charge in [0.25, 0.3) is 0 Å². The second kappa shape index (κ2) is 24.5. The quantitative estimate of drug-likeness (QED) is 0.0773. The Hall–Kier alpha value is -3.59. The van der Waals surface area contributed by atoms with Gasteiger partial charge in [0, 0.05) is 12.8 Å². The van der Waals surface area contributed by atoms with Crippen LogP contribution in [-0.4, -0.2) is 102 Å². The summed E-state index contributed by atoms with van der Waals surface area (Å²) in [6.07, 6.45) is 4.74. The lowest BCUT2D eigenvalue weighted by molar-refractivity contribution is -0.203. The van der Waals surface area contributed by atoms with Gasteiger partial charge in [-0.15, -0.1) is 0 Å². The van der Waals surface area contributed by atoms with Crippen molar-refractivity contribution in [2.24, 2.45) is 0 Å². The van der Waals surface area contributed by atoms with Gasteiger partial charge in [-0.2, -0.15) is 0 Å². The Morgan fingerprint density at radius 3 is 1.83 bits per heavy atom. The highest BCUT2D eigenvalue weighted by Gasteiger charge is 2.43. The molecule has 0 bridgehead atoms. The van der Waals surface area contributed by atoms with Crippen molar-refractivity contribution in [3.05, 3.63) is 35.9 Å². The van der Waals surface area contributed by atoms with Gasteiger partial charge in [-0.1, -0.05) is 68.9 Å². The maximum atomic E-state index is 12.8.